The molecule has 0 aliphatic carbocycles. The Kier molecular flexibility index (Phi) is 4.67. The van der Waals surface area contributed by atoms with E-state index in [1.165, 1.54) is 25.8 Å². The summed E-state index contributed by atoms with van der Waals surface area (Å²) in [5.74, 6) is -1.35. The number of nitrogens with zero attached hydrogens (tertiary/aromatic N) is 1. The van der Waals surface area contributed by atoms with E-state index in [1.54, 1.807) is 12.1 Å². The minimum atomic E-state index is -1.26. The molecule has 0 saturated carbocycles. The number of nitrogens with two attached hydrogens (primary N) is 1. The number of carboxylic acid groups (broad SMARTS) is 1. The standard InChI is InChI=1S/C14H20N2O3/c1-14(2,13(18)19)16(3)12(17)11-7-5-4-6-10(11)8-9-15/h4-7H,8-9,15H2,1-3H3,(H,18,19). The predicted octanol–water partition coefficient (Wildman–Crippen LogP) is 1.12. The van der Waals surface area contributed by atoms with Crippen LogP contribution in [0, 0.1) is 0 Å². The molecule has 0 bridgehead atoms. The van der Waals surface area contributed by atoms with Gasteiger partial charge >= 0.3 is 5.97 Å². The highest BCUT2D eigenvalue weighted by atomic mass is 16.4. The minimum absolute atomic E-state index is 0.309. The van der Waals surface area contributed by atoms with E-state index in [1.807, 2.05) is 12.1 Å². The number of amides is 1. The van der Waals surface area contributed by atoms with Crippen LogP contribution in [0.2, 0.25) is 0 Å². The van der Waals surface area contributed by atoms with E-state index in [4.69, 9.17) is 10.8 Å². The van der Waals surface area contributed by atoms with Gasteiger partial charge in [-0.2, -0.15) is 0 Å². The molecule has 19 heavy (non-hydrogen) atoms. The highest BCUT2D eigenvalue weighted by Gasteiger charge is 2.35. The van der Waals surface area contributed by atoms with Gasteiger partial charge in [0.05, 0.1) is 0 Å². The lowest BCUT2D eigenvalue weighted by molar-refractivity contribution is -0.147. The molecular formula is C14H20N2O3. The maximum absolute atomic E-state index is 12.4. The molecule has 0 aliphatic heterocycles. The Labute approximate surface area is 113 Å². The lowest BCUT2D eigenvalue weighted by atomic mass is 9.99. The fraction of sp³-hybridized carbons (Fsp3) is 0.429. The number of carbonyl (C=O) groups excluding carboxylic acids is 1. The summed E-state index contributed by atoms with van der Waals surface area (Å²) in [4.78, 5) is 24.8. The van der Waals surface area contributed by atoms with Crippen molar-refractivity contribution >= 4 is 11.9 Å². The Balaban J connectivity index is 3.10. The highest BCUT2D eigenvalue weighted by Crippen LogP contribution is 2.18. The maximum atomic E-state index is 12.4. The van der Waals surface area contributed by atoms with Gasteiger partial charge in [0.1, 0.15) is 5.54 Å². The topological polar surface area (TPSA) is 83.6 Å². The van der Waals surface area contributed by atoms with Gasteiger partial charge in [0.15, 0.2) is 0 Å². The predicted molar refractivity (Wildman–Crippen MR) is 73.0 cm³/mol. The number of rotatable bonds is 5. The van der Waals surface area contributed by atoms with Crippen LogP contribution in [0.1, 0.15) is 29.8 Å². The summed E-state index contributed by atoms with van der Waals surface area (Å²) >= 11 is 0. The fourth-order valence-corrected chi connectivity index (χ4v) is 1.68. The Morgan fingerprint density at radius 1 is 1.32 bits per heavy atom. The van der Waals surface area contributed by atoms with Crippen molar-refractivity contribution in [1.82, 2.24) is 4.90 Å². The summed E-state index contributed by atoms with van der Waals surface area (Å²) in [6.45, 7) is 3.44. The van der Waals surface area contributed by atoms with E-state index in [-0.39, 0.29) is 5.91 Å². The van der Waals surface area contributed by atoms with Crippen molar-refractivity contribution in [3.05, 3.63) is 35.4 Å². The van der Waals surface area contributed by atoms with Gasteiger partial charge in [-0.15, -0.1) is 0 Å². The molecule has 0 fully saturated rings. The zero-order valence-electron chi connectivity index (χ0n) is 11.5. The molecule has 1 aromatic rings. The third-order valence-electron chi connectivity index (χ3n) is 3.33. The van der Waals surface area contributed by atoms with Gasteiger partial charge in [0.2, 0.25) is 0 Å². The first-order valence-corrected chi connectivity index (χ1v) is 6.12. The van der Waals surface area contributed by atoms with Gasteiger partial charge in [-0.25, -0.2) is 4.79 Å². The van der Waals surface area contributed by atoms with Crippen LogP contribution in [0.3, 0.4) is 0 Å². The molecule has 0 spiro atoms. The molecule has 0 heterocycles. The number of hydrogen-bond donors (Lipinski definition) is 2. The highest BCUT2D eigenvalue weighted by molar-refractivity contribution is 5.98. The molecule has 0 atom stereocenters. The van der Waals surface area contributed by atoms with Gasteiger partial charge < -0.3 is 15.7 Å². The van der Waals surface area contributed by atoms with E-state index in [0.29, 0.717) is 18.5 Å². The van der Waals surface area contributed by atoms with Crippen LogP contribution in [0.5, 0.6) is 0 Å². The first-order valence-electron chi connectivity index (χ1n) is 6.12. The summed E-state index contributed by atoms with van der Waals surface area (Å²) in [6.07, 6.45) is 0.587. The van der Waals surface area contributed by atoms with Gasteiger partial charge in [-0.05, 0) is 38.4 Å². The first-order chi connectivity index (χ1) is 8.82. The Morgan fingerprint density at radius 3 is 2.42 bits per heavy atom. The third-order valence-corrected chi connectivity index (χ3v) is 3.33. The van der Waals surface area contributed by atoms with Crippen LogP contribution in [-0.2, 0) is 11.2 Å². The number of hydrogen-bond acceptors (Lipinski definition) is 3. The smallest absolute Gasteiger partial charge is 0.329 e. The molecule has 1 amide bonds. The van der Waals surface area contributed by atoms with E-state index in [9.17, 15) is 9.59 Å². The average Bonchev–Trinajstić information content (AvgIpc) is 2.38. The van der Waals surface area contributed by atoms with E-state index < -0.39 is 11.5 Å². The SMILES string of the molecule is CN(C(=O)c1ccccc1CCN)C(C)(C)C(=O)O. The van der Waals surface area contributed by atoms with E-state index in [2.05, 4.69) is 0 Å². The lowest BCUT2D eigenvalue weighted by Crippen LogP contribution is -2.51. The number of likely N-dealkylation sites (N-methyl/N-ethyl adjacent to an activating group) is 1. The van der Waals surface area contributed by atoms with Gasteiger partial charge in [0.25, 0.3) is 5.91 Å². The van der Waals surface area contributed by atoms with Crippen LogP contribution < -0.4 is 5.73 Å². The third kappa shape index (κ3) is 3.12. The first kappa shape index (κ1) is 15.2. The van der Waals surface area contributed by atoms with Crippen molar-refractivity contribution in [2.75, 3.05) is 13.6 Å². The molecule has 0 aromatic heterocycles. The van der Waals surface area contributed by atoms with Gasteiger partial charge in [-0.3, -0.25) is 4.79 Å². The molecule has 5 heteroatoms. The van der Waals surface area contributed by atoms with E-state index >= 15 is 0 Å². The molecule has 3 N–H and O–H groups in total. The monoisotopic (exact) mass is 264 g/mol. The second kappa shape index (κ2) is 5.84. The Morgan fingerprint density at radius 2 is 1.89 bits per heavy atom. The Bertz CT molecular complexity index is 483. The second-order valence-corrected chi connectivity index (χ2v) is 4.92. The zero-order chi connectivity index (χ0) is 14.6. The molecule has 5 nitrogen and oxygen atoms in total. The van der Waals surface area contributed by atoms with Crippen LogP contribution in [-0.4, -0.2) is 41.0 Å². The van der Waals surface area contributed by atoms with Crippen molar-refractivity contribution in [1.29, 1.82) is 0 Å². The largest absolute Gasteiger partial charge is 0.480 e. The Hall–Kier alpha value is -1.88. The minimum Gasteiger partial charge on any atom is -0.480 e. The molecule has 0 aliphatic rings. The maximum Gasteiger partial charge on any atom is 0.329 e. The molecule has 0 unspecified atom stereocenters. The summed E-state index contributed by atoms with van der Waals surface area (Å²) < 4.78 is 0. The number of carboxylic acids is 1. The van der Waals surface area contributed by atoms with Crippen molar-refractivity contribution in [3.8, 4) is 0 Å². The molecule has 1 rings (SSSR count). The summed E-state index contributed by atoms with van der Waals surface area (Å²) in [5, 5.41) is 9.17. The van der Waals surface area contributed by atoms with Gasteiger partial charge in [0, 0.05) is 12.6 Å². The van der Waals surface area contributed by atoms with Crippen LogP contribution in [0.15, 0.2) is 24.3 Å². The van der Waals surface area contributed by atoms with Crippen molar-refractivity contribution in [3.63, 3.8) is 0 Å². The molecule has 104 valence electrons. The molecule has 0 saturated heterocycles. The second-order valence-electron chi connectivity index (χ2n) is 4.92. The van der Waals surface area contributed by atoms with Crippen molar-refractivity contribution in [2.24, 2.45) is 5.73 Å². The van der Waals surface area contributed by atoms with E-state index in [0.717, 1.165) is 5.56 Å². The average molecular weight is 264 g/mol. The summed E-state index contributed by atoms with van der Waals surface area (Å²) in [5.41, 5.74) is 5.60. The number of carbonyl (C=O) groups is 2. The zero-order valence-corrected chi connectivity index (χ0v) is 11.5. The molecule has 0 radical (unpaired) electrons. The normalized spacial score (nSPS) is 11.2. The van der Waals surface area contributed by atoms with Crippen LogP contribution in [0.4, 0.5) is 0 Å². The summed E-state index contributed by atoms with van der Waals surface area (Å²) in [6, 6.07) is 7.13. The lowest BCUT2D eigenvalue weighted by Gasteiger charge is -2.32. The quantitative estimate of drug-likeness (QED) is 0.834. The number of aliphatic carboxylic acids is 1. The van der Waals surface area contributed by atoms with Crippen LogP contribution in [0.25, 0.3) is 0 Å². The summed E-state index contributed by atoms with van der Waals surface area (Å²) in [7, 11) is 1.50. The molecular weight excluding hydrogens is 244 g/mol. The van der Waals surface area contributed by atoms with Crippen molar-refractivity contribution in [2.45, 2.75) is 25.8 Å². The van der Waals surface area contributed by atoms with Gasteiger partial charge in [-0.1, -0.05) is 18.2 Å². The number of benzene rings is 1. The van der Waals surface area contributed by atoms with Crippen LogP contribution >= 0.6 is 0 Å². The fourth-order valence-electron chi connectivity index (χ4n) is 1.68. The molecule has 1 aromatic carbocycles. The van der Waals surface area contributed by atoms with Crippen molar-refractivity contribution < 1.29 is 14.7 Å².